The maximum atomic E-state index is 13.0. The van der Waals surface area contributed by atoms with Gasteiger partial charge in [0, 0.05) is 10.0 Å². The average Bonchev–Trinajstić information content (AvgIpc) is 3.44. The van der Waals surface area contributed by atoms with Gasteiger partial charge in [0.05, 0.1) is 12.3 Å². The molecule has 4 aromatic rings. The number of hydrogen-bond acceptors (Lipinski definition) is 9. The second kappa shape index (κ2) is 9.61. The Morgan fingerprint density at radius 3 is 2.70 bits per heavy atom. The Balaban J connectivity index is 1.70. The molecule has 0 unspecified atom stereocenters. The zero-order valence-corrected chi connectivity index (χ0v) is 19.3. The first-order valence-corrected chi connectivity index (χ1v) is 10.6. The van der Waals surface area contributed by atoms with E-state index in [0.29, 0.717) is 29.3 Å². The third-order valence-electron chi connectivity index (χ3n) is 4.59. The van der Waals surface area contributed by atoms with E-state index in [1.807, 2.05) is 31.2 Å². The third kappa shape index (κ3) is 4.75. The molecular formula is C21H19BrN8O3. The first-order chi connectivity index (χ1) is 16.0. The zero-order valence-electron chi connectivity index (χ0n) is 17.7. The summed E-state index contributed by atoms with van der Waals surface area (Å²) in [5.74, 6) is 0.236. The highest BCUT2D eigenvalue weighted by Crippen LogP contribution is 2.28. The lowest BCUT2D eigenvalue weighted by Crippen LogP contribution is -2.21. The number of halogens is 1. The van der Waals surface area contributed by atoms with E-state index in [1.54, 1.807) is 31.2 Å². The number of anilines is 1. The fourth-order valence-corrected chi connectivity index (χ4v) is 3.42. The SMILES string of the molecule is CCOc1ccc(-c2c(C(=O)N/N=C(\C)c3cccc(Br)c3)nnn2-c2nonc2N)cc1. The van der Waals surface area contributed by atoms with Crippen molar-refractivity contribution < 1.29 is 14.2 Å². The lowest BCUT2D eigenvalue weighted by molar-refractivity contribution is 0.0950. The molecule has 0 bridgehead atoms. The minimum Gasteiger partial charge on any atom is -0.494 e. The zero-order chi connectivity index (χ0) is 23.4. The highest BCUT2D eigenvalue weighted by Gasteiger charge is 2.25. The van der Waals surface area contributed by atoms with E-state index in [-0.39, 0.29) is 17.3 Å². The van der Waals surface area contributed by atoms with Crippen molar-refractivity contribution in [1.29, 1.82) is 0 Å². The van der Waals surface area contributed by atoms with Crippen LogP contribution in [0.3, 0.4) is 0 Å². The Labute approximate surface area is 196 Å². The number of rotatable bonds is 7. The van der Waals surface area contributed by atoms with Crippen molar-refractivity contribution in [2.45, 2.75) is 13.8 Å². The number of hydrogen-bond donors (Lipinski definition) is 2. The molecule has 0 fully saturated rings. The fraction of sp³-hybridized carbons (Fsp3) is 0.143. The molecule has 0 saturated heterocycles. The van der Waals surface area contributed by atoms with Crippen molar-refractivity contribution in [3.63, 3.8) is 0 Å². The van der Waals surface area contributed by atoms with Crippen LogP contribution in [0.2, 0.25) is 0 Å². The fourth-order valence-electron chi connectivity index (χ4n) is 3.02. The van der Waals surface area contributed by atoms with Crippen LogP contribution >= 0.6 is 15.9 Å². The van der Waals surface area contributed by atoms with Gasteiger partial charge < -0.3 is 10.5 Å². The number of carbonyl (C=O) groups is 1. The predicted octanol–water partition coefficient (Wildman–Crippen LogP) is 3.21. The van der Waals surface area contributed by atoms with Crippen molar-refractivity contribution in [1.82, 2.24) is 30.7 Å². The summed E-state index contributed by atoms with van der Waals surface area (Å²) in [5.41, 5.74) is 10.8. The number of nitrogens with two attached hydrogens (primary N) is 1. The maximum Gasteiger partial charge on any atom is 0.294 e. The van der Waals surface area contributed by atoms with Gasteiger partial charge in [-0.3, -0.25) is 4.79 Å². The quantitative estimate of drug-likeness (QED) is 0.284. The predicted molar refractivity (Wildman–Crippen MR) is 124 cm³/mol. The highest BCUT2D eigenvalue weighted by molar-refractivity contribution is 9.10. The smallest absolute Gasteiger partial charge is 0.294 e. The lowest BCUT2D eigenvalue weighted by atomic mass is 10.1. The topological polar surface area (TPSA) is 146 Å². The van der Waals surface area contributed by atoms with Gasteiger partial charge in [0.15, 0.2) is 5.69 Å². The number of nitrogens with zero attached hydrogens (tertiary/aromatic N) is 6. The van der Waals surface area contributed by atoms with Crippen LogP contribution in [-0.2, 0) is 0 Å². The summed E-state index contributed by atoms with van der Waals surface area (Å²) in [6.07, 6.45) is 0. The van der Waals surface area contributed by atoms with Crippen LogP contribution < -0.4 is 15.9 Å². The highest BCUT2D eigenvalue weighted by atomic mass is 79.9. The summed E-state index contributed by atoms with van der Waals surface area (Å²) in [6.45, 7) is 4.21. The molecule has 11 nitrogen and oxygen atoms in total. The van der Waals surface area contributed by atoms with Gasteiger partial charge in [-0.1, -0.05) is 33.3 Å². The second-order valence-corrected chi connectivity index (χ2v) is 7.69. The number of benzene rings is 2. The molecule has 168 valence electrons. The molecule has 0 atom stereocenters. The number of amides is 1. The molecule has 0 radical (unpaired) electrons. The lowest BCUT2D eigenvalue weighted by Gasteiger charge is -2.08. The molecule has 4 rings (SSSR count). The van der Waals surface area contributed by atoms with E-state index in [0.717, 1.165) is 10.0 Å². The number of ether oxygens (including phenoxy) is 1. The molecule has 3 N–H and O–H groups in total. The Morgan fingerprint density at radius 1 is 1.24 bits per heavy atom. The minimum atomic E-state index is -0.561. The van der Waals surface area contributed by atoms with Crippen LogP contribution in [0.25, 0.3) is 17.1 Å². The van der Waals surface area contributed by atoms with E-state index in [1.165, 1.54) is 4.68 Å². The number of carbonyl (C=O) groups excluding carboxylic acids is 1. The van der Waals surface area contributed by atoms with Gasteiger partial charge in [0.1, 0.15) is 11.4 Å². The summed E-state index contributed by atoms with van der Waals surface area (Å²) in [6, 6.07) is 14.7. The van der Waals surface area contributed by atoms with Crippen LogP contribution in [0.4, 0.5) is 5.82 Å². The molecule has 33 heavy (non-hydrogen) atoms. The molecule has 2 heterocycles. The largest absolute Gasteiger partial charge is 0.494 e. The molecule has 0 saturated carbocycles. The molecule has 0 aliphatic rings. The minimum absolute atomic E-state index is 0.00237. The number of hydrazone groups is 1. The Morgan fingerprint density at radius 2 is 2.03 bits per heavy atom. The molecule has 2 aromatic carbocycles. The van der Waals surface area contributed by atoms with Gasteiger partial charge in [-0.05, 0) is 66.1 Å². The Kier molecular flexibility index (Phi) is 6.45. The van der Waals surface area contributed by atoms with E-state index in [4.69, 9.17) is 10.5 Å². The molecule has 2 aromatic heterocycles. The first-order valence-electron chi connectivity index (χ1n) is 9.85. The monoisotopic (exact) mass is 510 g/mol. The van der Waals surface area contributed by atoms with Crippen molar-refractivity contribution in [2.24, 2.45) is 5.10 Å². The Hall–Kier alpha value is -4.06. The molecule has 0 aliphatic heterocycles. The number of nitrogens with one attached hydrogen (secondary N) is 1. The van der Waals surface area contributed by atoms with Crippen LogP contribution in [0.1, 0.15) is 29.9 Å². The normalized spacial score (nSPS) is 11.4. The van der Waals surface area contributed by atoms with Crippen LogP contribution in [0.15, 0.2) is 62.7 Å². The van der Waals surface area contributed by atoms with E-state index in [2.05, 4.69) is 51.7 Å². The van der Waals surface area contributed by atoms with Gasteiger partial charge in [0.25, 0.3) is 5.91 Å². The van der Waals surface area contributed by atoms with Gasteiger partial charge in [-0.2, -0.15) is 9.78 Å². The van der Waals surface area contributed by atoms with Gasteiger partial charge in [-0.15, -0.1) is 5.10 Å². The molecule has 0 aliphatic carbocycles. The van der Waals surface area contributed by atoms with E-state index in [9.17, 15) is 4.79 Å². The molecular weight excluding hydrogens is 492 g/mol. The molecule has 0 spiro atoms. The summed E-state index contributed by atoms with van der Waals surface area (Å²) in [7, 11) is 0. The molecule has 1 amide bonds. The Bertz CT molecular complexity index is 1310. The van der Waals surface area contributed by atoms with E-state index < -0.39 is 5.91 Å². The number of nitrogen functional groups attached to an aromatic ring is 1. The standard InChI is InChI=1S/C21H19BrN8O3/c1-3-32-16-9-7-13(8-10-16)18-17(25-29-30(18)20-19(23)27-33-28-20)21(31)26-24-12(2)14-5-4-6-15(22)11-14/h4-11H,3H2,1-2H3,(H2,23,27)(H,26,31)/b24-12+. The summed E-state index contributed by atoms with van der Waals surface area (Å²) < 4.78 is 12.4. The summed E-state index contributed by atoms with van der Waals surface area (Å²) in [4.78, 5) is 13.0. The van der Waals surface area contributed by atoms with Gasteiger partial charge >= 0.3 is 0 Å². The van der Waals surface area contributed by atoms with Gasteiger partial charge in [0.2, 0.25) is 11.6 Å². The van der Waals surface area contributed by atoms with Crippen molar-refractivity contribution >= 4 is 33.4 Å². The van der Waals surface area contributed by atoms with Crippen molar-refractivity contribution in [3.8, 4) is 22.8 Å². The number of aromatic nitrogens is 5. The third-order valence-corrected chi connectivity index (χ3v) is 5.08. The van der Waals surface area contributed by atoms with Crippen LogP contribution in [-0.4, -0.2) is 43.5 Å². The summed E-state index contributed by atoms with van der Waals surface area (Å²) >= 11 is 3.42. The average molecular weight is 511 g/mol. The van der Waals surface area contributed by atoms with Crippen LogP contribution in [0, 0.1) is 0 Å². The van der Waals surface area contributed by atoms with Crippen LogP contribution in [0.5, 0.6) is 5.75 Å². The van der Waals surface area contributed by atoms with E-state index >= 15 is 0 Å². The molecule has 12 heteroatoms. The van der Waals surface area contributed by atoms with Crippen molar-refractivity contribution in [3.05, 3.63) is 64.3 Å². The first kappa shape index (κ1) is 22.1. The maximum absolute atomic E-state index is 13.0. The van der Waals surface area contributed by atoms with Crippen molar-refractivity contribution in [2.75, 3.05) is 12.3 Å². The second-order valence-electron chi connectivity index (χ2n) is 6.78. The van der Waals surface area contributed by atoms with Gasteiger partial charge in [-0.25, -0.2) is 10.1 Å². The summed E-state index contributed by atoms with van der Waals surface area (Å²) in [5, 5.41) is 19.6.